The van der Waals surface area contributed by atoms with Crippen LogP contribution in [0.5, 0.6) is 0 Å². The van der Waals surface area contributed by atoms with Gasteiger partial charge < -0.3 is 0 Å². The molecule has 3 rings (SSSR count). The predicted octanol–water partition coefficient (Wildman–Crippen LogP) is 4.31. The Morgan fingerprint density at radius 3 is 2.72 bits per heavy atom. The monoisotopic (exact) mass is 254 g/mol. The van der Waals surface area contributed by atoms with E-state index in [9.17, 15) is 0 Å². The summed E-state index contributed by atoms with van der Waals surface area (Å²) in [5.74, 6) is 0. The predicted molar refractivity (Wildman–Crippen MR) is 76.8 cm³/mol. The van der Waals surface area contributed by atoms with Crippen molar-refractivity contribution in [2.45, 2.75) is 19.8 Å². The Labute approximate surface area is 110 Å². The molecule has 2 aromatic carbocycles. The Bertz CT molecular complexity index is 668. The molecular weight excluding hydrogens is 240 g/mol. The molecule has 0 fully saturated rings. The summed E-state index contributed by atoms with van der Waals surface area (Å²) in [5, 5.41) is 13.2. The largest absolute Gasteiger partial charge is 0.148 e. The molecule has 0 unspecified atom stereocenters. The number of fused-ring (bicyclic) bond motifs is 1. The van der Waals surface area contributed by atoms with Crippen LogP contribution in [0.15, 0.2) is 42.5 Å². The summed E-state index contributed by atoms with van der Waals surface area (Å²) in [6, 6.07) is 14.7. The molecule has 0 aliphatic heterocycles. The molecule has 0 spiro atoms. The van der Waals surface area contributed by atoms with Gasteiger partial charge in [-0.05, 0) is 17.2 Å². The van der Waals surface area contributed by atoms with E-state index in [0.717, 1.165) is 22.9 Å². The normalized spacial score (nSPS) is 10.9. The average molecular weight is 254 g/mol. The first-order valence-electron chi connectivity index (χ1n) is 6.19. The Morgan fingerprint density at radius 2 is 1.83 bits per heavy atom. The second-order valence-electron chi connectivity index (χ2n) is 4.28. The number of hydrogen-bond acceptors (Lipinski definition) is 3. The number of nitrogens with zero attached hydrogens (tertiary/aromatic N) is 2. The quantitative estimate of drug-likeness (QED) is 0.696. The van der Waals surface area contributed by atoms with Gasteiger partial charge >= 0.3 is 0 Å². The molecular formula is C15H14N2S. The van der Waals surface area contributed by atoms with E-state index in [0.29, 0.717) is 0 Å². The van der Waals surface area contributed by atoms with Gasteiger partial charge in [0.1, 0.15) is 10.0 Å². The van der Waals surface area contributed by atoms with Crippen molar-refractivity contribution in [2.24, 2.45) is 0 Å². The van der Waals surface area contributed by atoms with Gasteiger partial charge in [0.15, 0.2) is 0 Å². The molecule has 18 heavy (non-hydrogen) atoms. The zero-order chi connectivity index (χ0) is 12.4. The third kappa shape index (κ3) is 2.02. The second kappa shape index (κ2) is 4.86. The van der Waals surface area contributed by atoms with E-state index < -0.39 is 0 Å². The Kier molecular flexibility index (Phi) is 3.07. The molecule has 3 aromatic rings. The SMILES string of the molecule is CCCc1nnc(-c2cccc3ccccc23)s1. The third-order valence-electron chi connectivity index (χ3n) is 2.95. The molecule has 0 amide bonds. The highest BCUT2D eigenvalue weighted by Gasteiger charge is 2.08. The highest BCUT2D eigenvalue weighted by Crippen LogP contribution is 2.30. The maximum absolute atomic E-state index is 4.32. The molecule has 0 radical (unpaired) electrons. The van der Waals surface area contributed by atoms with Crippen LogP contribution in [0.25, 0.3) is 21.3 Å². The number of benzene rings is 2. The lowest BCUT2D eigenvalue weighted by molar-refractivity contribution is 0.879. The first-order valence-corrected chi connectivity index (χ1v) is 7.00. The van der Waals surface area contributed by atoms with Gasteiger partial charge in [-0.25, -0.2) is 0 Å². The van der Waals surface area contributed by atoms with E-state index in [2.05, 4.69) is 59.6 Å². The van der Waals surface area contributed by atoms with Crippen molar-refractivity contribution in [1.82, 2.24) is 10.2 Å². The molecule has 0 aliphatic rings. The molecule has 1 heterocycles. The van der Waals surface area contributed by atoms with Crippen LogP contribution in [0.4, 0.5) is 0 Å². The summed E-state index contributed by atoms with van der Waals surface area (Å²) < 4.78 is 0. The highest BCUT2D eigenvalue weighted by molar-refractivity contribution is 7.14. The number of aryl methyl sites for hydroxylation is 1. The average Bonchev–Trinajstić information content (AvgIpc) is 2.87. The van der Waals surface area contributed by atoms with E-state index in [4.69, 9.17) is 0 Å². The van der Waals surface area contributed by atoms with Gasteiger partial charge in [-0.1, -0.05) is 60.7 Å². The van der Waals surface area contributed by atoms with E-state index in [1.54, 1.807) is 11.3 Å². The standard InChI is InChI=1S/C15H14N2S/c1-2-6-14-16-17-15(18-14)13-10-5-8-11-7-3-4-9-12(11)13/h3-5,7-10H,2,6H2,1H3. The fourth-order valence-corrected chi connectivity index (χ4v) is 3.07. The van der Waals surface area contributed by atoms with Crippen molar-refractivity contribution in [3.63, 3.8) is 0 Å². The fraction of sp³-hybridized carbons (Fsp3) is 0.200. The van der Waals surface area contributed by atoms with Gasteiger partial charge in [0.25, 0.3) is 0 Å². The molecule has 0 bridgehead atoms. The zero-order valence-corrected chi connectivity index (χ0v) is 11.1. The van der Waals surface area contributed by atoms with Crippen LogP contribution < -0.4 is 0 Å². The summed E-state index contributed by atoms with van der Waals surface area (Å²) in [7, 11) is 0. The Hall–Kier alpha value is -1.74. The molecule has 90 valence electrons. The van der Waals surface area contributed by atoms with Crippen LogP contribution in [0.1, 0.15) is 18.4 Å². The van der Waals surface area contributed by atoms with Crippen LogP contribution >= 0.6 is 11.3 Å². The summed E-state index contributed by atoms with van der Waals surface area (Å²) in [6.07, 6.45) is 2.13. The van der Waals surface area contributed by atoms with Crippen LogP contribution in [-0.4, -0.2) is 10.2 Å². The van der Waals surface area contributed by atoms with Crippen molar-refractivity contribution >= 4 is 22.1 Å². The van der Waals surface area contributed by atoms with Crippen molar-refractivity contribution in [3.8, 4) is 10.6 Å². The summed E-state index contributed by atoms with van der Waals surface area (Å²) >= 11 is 1.70. The minimum absolute atomic E-state index is 1.02. The molecule has 0 N–H and O–H groups in total. The van der Waals surface area contributed by atoms with Crippen LogP contribution in [0, 0.1) is 0 Å². The molecule has 2 nitrogen and oxygen atoms in total. The molecule has 0 aliphatic carbocycles. The number of rotatable bonds is 3. The Balaban J connectivity index is 2.12. The van der Waals surface area contributed by atoms with Gasteiger partial charge in [-0.2, -0.15) is 0 Å². The lowest BCUT2D eigenvalue weighted by atomic mass is 10.1. The van der Waals surface area contributed by atoms with Gasteiger partial charge in [0, 0.05) is 12.0 Å². The molecule has 0 saturated carbocycles. The maximum Gasteiger partial charge on any atom is 0.148 e. The summed E-state index contributed by atoms with van der Waals surface area (Å²) in [4.78, 5) is 0. The number of aromatic nitrogens is 2. The minimum atomic E-state index is 1.02. The molecule has 0 atom stereocenters. The van der Waals surface area contributed by atoms with Gasteiger partial charge in [-0.15, -0.1) is 10.2 Å². The van der Waals surface area contributed by atoms with E-state index in [-0.39, 0.29) is 0 Å². The van der Waals surface area contributed by atoms with Crippen molar-refractivity contribution < 1.29 is 0 Å². The van der Waals surface area contributed by atoms with Crippen LogP contribution in [0.2, 0.25) is 0 Å². The van der Waals surface area contributed by atoms with E-state index >= 15 is 0 Å². The van der Waals surface area contributed by atoms with Gasteiger partial charge in [0.2, 0.25) is 0 Å². The zero-order valence-electron chi connectivity index (χ0n) is 10.3. The lowest BCUT2D eigenvalue weighted by Gasteiger charge is -2.02. The fourth-order valence-electron chi connectivity index (χ4n) is 2.09. The smallest absolute Gasteiger partial charge is 0.143 e. The van der Waals surface area contributed by atoms with E-state index in [1.165, 1.54) is 16.3 Å². The lowest BCUT2D eigenvalue weighted by Crippen LogP contribution is -1.81. The van der Waals surface area contributed by atoms with Crippen molar-refractivity contribution in [1.29, 1.82) is 0 Å². The summed E-state index contributed by atoms with van der Waals surface area (Å²) in [5.41, 5.74) is 1.19. The van der Waals surface area contributed by atoms with Crippen LogP contribution in [0.3, 0.4) is 0 Å². The minimum Gasteiger partial charge on any atom is -0.143 e. The molecule has 0 saturated heterocycles. The number of hydrogen-bond donors (Lipinski definition) is 0. The topological polar surface area (TPSA) is 25.8 Å². The Morgan fingerprint density at radius 1 is 1.00 bits per heavy atom. The highest BCUT2D eigenvalue weighted by atomic mass is 32.1. The first-order chi connectivity index (χ1) is 8.88. The molecule has 1 aromatic heterocycles. The first kappa shape index (κ1) is 11.4. The van der Waals surface area contributed by atoms with Crippen molar-refractivity contribution in [3.05, 3.63) is 47.5 Å². The maximum atomic E-state index is 4.32. The van der Waals surface area contributed by atoms with Gasteiger partial charge in [-0.3, -0.25) is 0 Å². The van der Waals surface area contributed by atoms with Crippen LogP contribution in [-0.2, 0) is 6.42 Å². The van der Waals surface area contributed by atoms with Crippen molar-refractivity contribution in [2.75, 3.05) is 0 Å². The molecule has 3 heteroatoms. The third-order valence-corrected chi connectivity index (χ3v) is 3.97. The second-order valence-corrected chi connectivity index (χ2v) is 5.34. The van der Waals surface area contributed by atoms with E-state index in [1.807, 2.05) is 0 Å². The van der Waals surface area contributed by atoms with Gasteiger partial charge in [0.05, 0.1) is 0 Å². The summed E-state index contributed by atoms with van der Waals surface area (Å²) in [6.45, 7) is 2.17.